The first kappa shape index (κ1) is 16.1. The third-order valence-corrected chi connectivity index (χ3v) is 4.95. The number of aryl methyl sites for hydroxylation is 1. The fourth-order valence-electron chi connectivity index (χ4n) is 3.54. The fraction of sp³-hybridized carbons (Fsp3) is 0.632. The van der Waals surface area contributed by atoms with Gasteiger partial charge in [0.2, 0.25) is 0 Å². The quantitative estimate of drug-likeness (QED) is 0.832. The Morgan fingerprint density at radius 1 is 1.14 bits per heavy atom. The lowest BCUT2D eigenvalue weighted by molar-refractivity contribution is -0.139. The summed E-state index contributed by atoms with van der Waals surface area (Å²) >= 11 is 0. The molecule has 2 nitrogen and oxygen atoms in total. The standard InChI is InChI=1S/C19H28O2/c1-18(2,3)16-8-6-15(7-9-16)10-13-19(14-17(20)21)11-4-5-12-19/h6-9H,4-5,10-14H2,1-3H3,(H,20,21). The molecule has 2 heteroatoms. The molecule has 1 aliphatic rings. The van der Waals surface area contributed by atoms with Crippen molar-refractivity contribution in [2.75, 3.05) is 0 Å². The highest BCUT2D eigenvalue weighted by atomic mass is 16.4. The van der Waals surface area contributed by atoms with Crippen LogP contribution < -0.4 is 0 Å². The summed E-state index contributed by atoms with van der Waals surface area (Å²) in [6.07, 6.45) is 6.89. The molecular formula is C19H28O2. The third kappa shape index (κ3) is 4.33. The van der Waals surface area contributed by atoms with Gasteiger partial charge in [-0.2, -0.15) is 0 Å². The van der Waals surface area contributed by atoms with E-state index in [-0.39, 0.29) is 10.8 Å². The van der Waals surface area contributed by atoms with E-state index >= 15 is 0 Å². The van der Waals surface area contributed by atoms with E-state index in [4.69, 9.17) is 5.11 Å². The first-order valence-corrected chi connectivity index (χ1v) is 8.12. The molecule has 0 atom stereocenters. The summed E-state index contributed by atoms with van der Waals surface area (Å²) in [5, 5.41) is 9.16. The van der Waals surface area contributed by atoms with Crippen LogP contribution in [0.5, 0.6) is 0 Å². The summed E-state index contributed by atoms with van der Waals surface area (Å²) in [5.41, 5.74) is 2.93. The van der Waals surface area contributed by atoms with E-state index in [1.807, 2.05) is 0 Å². The van der Waals surface area contributed by atoms with Gasteiger partial charge >= 0.3 is 5.97 Å². The molecule has 0 aliphatic heterocycles. The molecule has 0 amide bonds. The average molecular weight is 288 g/mol. The first-order valence-electron chi connectivity index (χ1n) is 8.12. The molecule has 1 aromatic carbocycles. The van der Waals surface area contributed by atoms with Crippen LogP contribution in [0.3, 0.4) is 0 Å². The van der Waals surface area contributed by atoms with Gasteiger partial charge in [-0.05, 0) is 47.6 Å². The number of hydrogen-bond acceptors (Lipinski definition) is 1. The largest absolute Gasteiger partial charge is 0.481 e. The molecule has 1 aliphatic carbocycles. The highest BCUT2D eigenvalue weighted by molar-refractivity contribution is 5.67. The van der Waals surface area contributed by atoms with Gasteiger partial charge in [0.1, 0.15) is 0 Å². The lowest BCUT2D eigenvalue weighted by Gasteiger charge is -2.27. The molecular weight excluding hydrogens is 260 g/mol. The second-order valence-corrected chi connectivity index (χ2v) is 7.72. The van der Waals surface area contributed by atoms with Gasteiger partial charge in [-0.15, -0.1) is 0 Å². The molecule has 1 saturated carbocycles. The van der Waals surface area contributed by atoms with Gasteiger partial charge in [0.25, 0.3) is 0 Å². The van der Waals surface area contributed by atoms with Crippen molar-refractivity contribution in [2.45, 2.75) is 71.1 Å². The smallest absolute Gasteiger partial charge is 0.303 e. The predicted octanol–water partition coefficient (Wildman–Crippen LogP) is 4.95. The lowest BCUT2D eigenvalue weighted by Crippen LogP contribution is -2.21. The zero-order valence-corrected chi connectivity index (χ0v) is 13.6. The normalized spacial score (nSPS) is 17.9. The minimum absolute atomic E-state index is 0.0501. The Labute approximate surface area is 128 Å². The predicted molar refractivity (Wildman–Crippen MR) is 86.6 cm³/mol. The van der Waals surface area contributed by atoms with Crippen molar-refractivity contribution in [3.05, 3.63) is 35.4 Å². The van der Waals surface area contributed by atoms with Gasteiger partial charge in [0.15, 0.2) is 0 Å². The number of aliphatic carboxylic acids is 1. The van der Waals surface area contributed by atoms with Crippen molar-refractivity contribution in [3.8, 4) is 0 Å². The third-order valence-electron chi connectivity index (χ3n) is 4.95. The molecule has 21 heavy (non-hydrogen) atoms. The summed E-state index contributed by atoms with van der Waals surface area (Å²) in [4.78, 5) is 11.1. The highest BCUT2D eigenvalue weighted by Gasteiger charge is 2.35. The van der Waals surface area contributed by atoms with Crippen molar-refractivity contribution >= 4 is 5.97 Å². The molecule has 0 radical (unpaired) electrons. The number of carboxylic acids is 1. The maximum absolute atomic E-state index is 11.1. The Kier molecular flexibility index (Phi) is 4.75. The average Bonchev–Trinajstić information content (AvgIpc) is 2.84. The molecule has 1 N–H and O–H groups in total. The van der Waals surface area contributed by atoms with E-state index < -0.39 is 5.97 Å². The summed E-state index contributed by atoms with van der Waals surface area (Å²) in [5.74, 6) is -0.639. The van der Waals surface area contributed by atoms with Crippen LogP contribution >= 0.6 is 0 Å². The van der Waals surface area contributed by atoms with Crippen molar-refractivity contribution in [1.82, 2.24) is 0 Å². The van der Waals surface area contributed by atoms with E-state index in [1.165, 1.54) is 24.0 Å². The number of hydrogen-bond donors (Lipinski definition) is 1. The Hall–Kier alpha value is -1.31. The van der Waals surface area contributed by atoms with E-state index in [0.717, 1.165) is 25.7 Å². The Morgan fingerprint density at radius 2 is 1.71 bits per heavy atom. The molecule has 2 rings (SSSR count). The van der Waals surface area contributed by atoms with Crippen molar-refractivity contribution in [1.29, 1.82) is 0 Å². The molecule has 0 unspecified atom stereocenters. The maximum atomic E-state index is 11.1. The van der Waals surface area contributed by atoms with Gasteiger partial charge in [-0.1, -0.05) is 57.9 Å². The topological polar surface area (TPSA) is 37.3 Å². The van der Waals surface area contributed by atoms with Crippen molar-refractivity contribution in [3.63, 3.8) is 0 Å². The van der Waals surface area contributed by atoms with Gasteiger partial charge < -0.3 is 5.11 Å². The van der Waals surface area contributed by atoms with Gasteiger partial charge in [-0.25, -0.2) is 0 Å². The minimum atomic E-state index is -0.639. The van der Waals surface area contributed by atoms with Crippen LogP contribution in [-0.2, 0) is 16.6 Å². The van der Waals surface area contributed by atoms with Crippen LogP contribution in [0.25, 0.3) is 0 Å². The SMILES string of the molecule is CC(C)(C)c1ccc(CCC2(CC(=O)O)CCCC2)cc1. The molecule has 0 aromatic heterocycles. The Morgan fingerprint density at radius 3 is 2.19 bits per heavy atom. The summed E-state index contributed by atoms with van der Waals surface area (Å²) in [6.45, 7) is 6.67. The summed E-state index contributed by atoms with van der Waals surface area (Å²) < 4.78 is 0. The van der Waals surface area contributed by atoms with E-state index in [2.05, 4.69) is 45.0 Å². The first-order chi connectivity index (χ1) is 9.81. The van der Waals surface area contributed by atoms with Gasteiger partial charge in [0.05, 0.1) is 6.42 Å². The zero-order valence-electron chi connectivity index (χ0n) is 13.6. The number of carboxylic acid groups (broad SMARTS) is 1. The molecule has 0 saturated heterocycles. The van der Waals surface area contributed by atoms with Crippen molar-refractivity contribution < 1.29 is 9.90 Å². The van der Waals surface area contributed by atoms with Gasteiger partial charge in [0, 0.05) is 0 Å². The van der Waals surface area contributed by atoms with Crippen LogP contribution in [0.15, 0.2) is 24.3 Å². The molecule has 0 bridgehead atoms. The molecule has 116 valence electrons. The summed E-state index contributed by atoms with van der Waals surface area (Å²) in [7, 11) is 0. The van der Waals surface area contributed by atoms with Gasteiger partial charge in [-0.3, -0.25) is 4.79 Å². The zero-order chi connectivity index (χ0) is 15.5. The molecule has 0 heterocycles. The monoisotopic (exact) mass is 288 g/mol. The number of rotatable bonds is 5. The molecule has 1 fully saturated rings. The fourth-order valence-corrected chi connectivity index (χ4v) is 3.54. The Balaban J connectivity index is 1.99. The summed E-state index contributed by atoms with van der Waals surface area (Å²) in [6, 6.07) is 8.86. The second kappa shape index (κ2) is 6.21. The van der Waals surface area contributed by atoms with Crippen LogP contribution in [0.1, 0.15) is 70.4 Å². The molecule has 0 spiro atoms. The van der Waals surface area contributed by atoms with E-state index in [9.17, 15) is 4.79 Å². The van der Waals surface area contributed by atoms with E-state index in [1.54, 1.807) is 0 Å². The lowest BCUT2D eigenvalue weighted by atomic mass is 9.77. The van der Waals surface area contributed by atoms with Crippen molar-refractivity contribution in [2.24, 2.45) is 5.41 Å². The van der Waals surface area contributed by atoms with Crippen LogP contribution in [0.4, 0.5) is 0 Å². The number of benzene rings is 1. The highest BCUT2D eigenvalue weighted by Crippen LogP contribution is 2.44. The van der Waals surface area contributed by atoms with E-state index in [0.29, 0.717) is 6.42 Å². The second-order valence-electron chi connectivity index (χ2n) is 7.72. The van der Waals surface area contributed by atoms with Crippen LogP contribution in [0.2, 0.25) is 0 Å². The van der Waals surface area contributed by atoms with Crippen LogP contribution in [-0.4, -0.2) is 11.1 Å². The Bertz CT molecular complexity index is 473. The molecule has 1 aromatic rings. The number of carbonyl (C=O) groups is 1. The van der Waals surface area contributed by atoms with Crippen LogP contribution in [0, 0.1) is 5.41 Å². The maximum Gasteiger partial charge on any atom is 0.303 e. The minimum Gasteiger partial charge on any atom is -0.481 e.